The third-order valence-electron chi connectivity index (χ3n) is 5.89. The number of benzene rings is 1. The van der Waals surface area contributed by atoms with Crippen LogP contribution in [-0.4, -0.2) is 0 Å². The topological polar surface area (TPSA) is 0 Å². The lowest BCUT2D eigenvalue weighted by atomic mass is 9.77. The Morgan fingerprint density at radius 1 is 1.16 bits per heavy atom. The van der Waals surface area contributed by atoms with Crippen molar-refractivity contribution in [1.29, 1.82) is 0 Å². The standard InChI is InChI=1S/C19H28/c1-6-19(5)12-18(3,4)16-10-14-9-7-8-13(2)15(14)11-17(16)19/h10-11,13H,6-9,12H2,1-5H3. The van der Waals surface area contributed by atoms with E-state index in [0.717, 1.165) is 5.92 Å². The highest BCUT2D eigenvalue weighted by Gasteiger charge is 2.44. The zero-order chi connectivity index (χ0) is 13.8. The van der Waals surface area contributed by atoms with E-state index in [1.165, 1.54) is 32.1 Å². The van der Waals surface area contributed by atoms with E-state index < -0.39 is 0 Å². The number of hydrogen-bond donors (Lipinski definition) is 0. The molecule has 0 fully saturated rings. The average molecular weight is 256 g/mol. The minimum atomic E-state index is 0.357. The molecule has 0 bridgehead atoms. The Balaban J connectivity index is 2.21. The van der Waals surface area contributed by atoms with Crippen LogP contribution in [-0.2, 0) is 17.3 Å². The highest BCUT2D eigenvalue weighted by atomic mass is 14.5. The van der Waals surface area contributed by atoms with Crippen LogP contribution >= 0.6 is 0 Å². The van der Waals surface area contributed by atoms with Gasteiger partial charge in [-0.05, 0) is 71.1 Å². The summed E-state index contributed by atoms with van der Waals surface area (Å²) in [5.41, 5.74) is 7.35. The average Bonchev–Trinajstić information content (AvgIpc) is 2.56. The van der Waals surface area contributed by atoms with Gasteiger partial charge in [-0.25, -0.2) is 0 Å². The van der Waals surface area contributed by atoms with E-state index >= 15 is 0 Å². The molecule has 2 aliphatic rings. The third kappa shape index (κ3) is 1.87. The van der Waals surface area contributed by atoms with Crippen molar-refractivity contribution in [3.05, 3.63) is 34.4 Å². The number of rotatable bonds is 1. The fraction of sp³-hybridized carbons (Fsp3) is 0.684. The van der Waals surface area contributed by atoms with Gasteiger partial charge in [0.1, 0.15) is 0 Å². The highest BCUT2D eigenvalue weighted by Crippen LogP contribution is 2.52. The Hall–Kier alpha value is -0.780. The van der Waals surface area contributed by atoms with Crippen LogP contribution < -0.4 is 0 Å². The van der Waals surface area contributed by atoms with Gasteiger partial charge < -0.3 is 0 Å². The lowest BCUT2D eigenvalue weighted by Crippen LogP contribution is -2.20. The maximum absolute atomic E-state index is 2.59. The normalized spacial score (nSPS) is 31.9. The molecule has 2 atom stereocenters. The Kier molecular flexibility index (Phi) is 2.86. The van der Waals surface area contributed by atoms with Crippen LogP contribution in [0.2, 0.25) is 0 Å². The summed E-state index contributed by atoms with van der Waals surface area (Å²) in [6.07, 6.45) is 6.61. The van der Waals surface area contributed by atoms with Crippen LogP contribution in [0.15, 0.2) is 12.1 Å². The fourth-order valence-corrected chi connectivity index (χ4v) is 4.63. The number of hydrogen-bond acceptors (Lipinski definition) is 0. The van der Waals surface area contributed by atoms with Crippen molar-refractivity contribution in [1.82, 2.24) is 0 Å². The quantitative estimate of drug-likeness (QED) is 0.624. The van der Waals surface area contributed by atoms with Crippen molar-refractivity contribution in [2.24, 2.45) is 0 Å². The van der Waals surface area contributed by atoms with Crippen LogP contribution in [0.4, 0.5) is 0 Å². The van der Waals surface area contributed by atoms with Crippen molar-refractivity contribution in [2.75, 3.05) is 0 Å². The lowest BCUT2D eigenvalue weighted by molar-refractivity contribution is 0.366. The zero-order valence-corrected chi connectivity index (χ0v) is 13.3. The fourth-order valence-electron chi connectivity index (χ4n) is 4.63. The molecular formula is C19H28. The molecule has 0 radical (unpaired) electrons. The van der Waals surface area contributed by atoms with E-state index in [-0.39, 0.29) is 0 Å². The molecule has 0 aromatic heterocycles. The molecule has 19 heavy (non-hydrogen) atoms. The van der Waals surface area contributed by atoms with Crippen LogP contribution in [0.5, 0.6) is 0 Å². The van der Waals surface area contributed by atoms with Crippen LogP contribution in [0, 0.1) is 0 Å². The van der Waals surface area contributed by atoms with Crippen molar-refractivity contribution in [3.8, 4) is 0 Å². The minimum absolute atomic E-state index is 0.357. The first-order chi connectivity index (χ1) is 8.87. The lowest BCUT2D eigenvalue weighted by Gasteiger charge is -2.28. The molecule has 2 unspecified atom stereocenters. The van der Waals surface area contributed by atoms with E-state index in [9.17, 15) is 0 Å². The van der Waals surface area contributed by atoms with Crippen LogP contribution in [0.25, 0.3) is 0 Å². The van der Waals surface area contributed by atoms with Crippen molar-refractivity contribution in [3.63, 3.8) is 0 Å². The second kappa shape index (κ2) is 4.11. The van der Waals surface area contributed by atoms with Gasteiger partial charge >= 0.3 is 0 Å². The van der Waals surface area contributed by atoms with Gasteiger partial charge in [0, 0.05) is 0 Å². The summed E-state index contributed by atoms with van der Waals surface area (Å²) in [7, 11) is 0. The summed E-state index contributed by atoms with van der Waals surface area (Å²) in [6.45, 7) is 12.1. The van der Waals surface area contributed by atoms with Gasteiger partial charge in [-0.15, -0.1) is 0 Å². The second-order valence-corrected chi connectivity index (χ2v) is 7.86. The summed E-state index contributed by atoms with van der Waals surface area (Å²) in [5, 5.41) is 0. The molecule has 0 aliphatic heterocycles. The largest absolute Gasteiger partial charge is 0.0645 e. The monoisotopic (exact) mass is 256 g/mol. The van der Waals surface area contributed by atoms with Crippen molar-refractivity contribution < 1.29 is 0 Å². The first-order valence-corrected chi connectivity index (χ1v) is 8.05. The summed E-state index contributed by atoms with van der Waals surface area (Å²) in [5.74, 6) is 0.763. The van der Waals surface area contributed by atoms with Crippen molar-refractivity contribution >= 4 is 0 Å². The molecule has 1 aromatic rings. The Bertz CT molecular complexity index is 509. The SMILES string of the molecule is CCC1(C)CC(C)(C)c2cc3c(cc21)C(C)CCC3. The molecule has 0 heterocycles. The van der Waals surface area contributed by atoms with Gasteiger partial charge in [-0.1, -0.05) is 46.8 Å². The molecule has 0 spiro atoms. The molecular weight excluding hydrogens is 228 g/mol. The molecule has 0 nitrogen and oxygen atoms in total. The third-order valence-corrected chi connectivity index (χ3v) is 5.89. The maximum Gasteiger partial charge on any atom is -0.00666 e. The van der Waals surface area contributed by atoms with Gasteiger partial charge in [-0.2, -0.15) is 0 Å². The first kappa shape index (κ1) is 13.2. The van der Waals surface area contributed by atoms with Crippen LogP contribution in [0.3, 0.4) is 0 Å². The predicted octanol–water partition coefficient (Wildman–Crippen LogP) is 5.48. The van der Waals surface area contributed by atoms with Gasteiger partial charge in [-0.3, -0.25) is 0 Å². The molecule has 0 N–H and O–H groups in total. The van der Waals surface area contributed by atoms with E-state index in [4.69, 9.17) is 0 Å². The second-order valence-electron chi connectivity index (χ2n) is 7.86. The first-order valence-electron chi connectivity index (χ1n) is 8.05. The molecule has 3 rings (SSSR count). The molecule has 0 saturated heterocycles. The van der Waals surface area contributed by atoms with E-state index in [2.05, 4.69) is 46.8 Å². The maximum atomic E-state index is 2.59. The zero-order valence-electron chi connectivity index (χ0n) is 13.3. The van der Waals surface area contributed by atoms with Crippen molar-refractivity contribution in [2.45, 2.75) is 83.5 Å². The summed E-state index contributed by atoms with van der Waals surface area (Å²) in [6, 6.07) is 5.16. The molecule has 104 valence electrons. The number of aryl methyl sites for hydroxylation is 1. The van der Waals surface area contributed by atoms with Gasteiger partial charge in [0.15, 0.2) is 0 Å². The predicted molar refractivity (Wildman–Crippen MR) is 83.1 cm³/mol. The molecule has 0 saturated carbocycles. The summed E-state index contributed by atoms with van der Waals surface area (Å²) in [4.78, 5) is 0. The molecule has 0 amide bonds. The molecule has 0 heteroatoms. The van der Waals surface area contributed by atoms with Crippen LogP contribution in [0.1, 0.15) is 88.5 Å². The minimum Gasteiger partial charge on any atom is -0.0645 e. The van der Waals surface area contributed by atoms with E-state index in [1.54, 1.807) is 22.3 Å². The molecule has 1 aromatic carbocycles. The number of fused-ring (bicyclic) bond motifs is 2. The highest BCUT2D eigenvalue weighted by molar-refractivity contribution is 5.51. The summed E-state index contributed by atoms with van der Waals surface area (Å²) >= 11 is 0. The Morgan fingerprint density at radius 3 is 2.58 bits per heavy atom. The summed E-state index contributed by atoms with van der Waals surface area (Å²) < 4.78 is 0. The van der Waals surface area contributed by atoms with Gasteiger partial charge in [0.2, 0.25) is 0 Å². The molecule has 2 aliphatic carbocycles. The van der Waals surface area contributed by atoms with Gasteiger partial charge in [0.25, 0.3) is 0 Å². The van der Waals surface area contributed by atoms with Gasteiger partial charge in [0.05, 0.1) is 0 Å². The van der Waals surface area contributed by atoms with E-state index in [1.807, 2.05) is 0 Å². The smallest absolute Gasteiger partial charge is 0.00666 e. The van der Waals surface area contributed by atoms with E-state index in [0.29, 0.717) is 10.8 Å². The Labute approximate surface area is 118 Å². The Morgan fingerprint density at radius 2 is 1.89 bits per heavy atom.